The molecule has 0 spiro atoms. The molecule has 1 aromatic heterocycles. The first-order valence-corrected chi connectivity index (χ1v) is 16.9. The molecule has 4 unspecified atom stereocenters. The van der Waals surface area contributed by atoms with Crippen molar-refractivity contribution in [1.29, 1.82) is 0 Å². The van der Waals surface area contributed by atoms with E-state index in [1.807, 2.05) is 24.3 Å². The van der Waals surface area contributed by atoms with Gasteiger partial charge in [-0.2, -0.15) is 5.10 Å². The van der Waals surface area contributed by atoms with E-state index in [1.165, 1.54) is 6.08 Å². The molecule has 0 aromatic carbocycles. The summed E-state index contributed by atoms with van der Waals surface area (Å²) in [6, 6.07) is 0.105. The van der Waals surface area contributed by atoms with E-state index in [1.54, 1.807) is 24.6 Å². The number of hydrogen-bond acceptors (Lipinski definition) is 4. The van der Waals surface area contributed by atoms with Gasteiger partial charge in [0, 0.05) is 68.8 Å². The summed E-state index contributed by atoms with van der Waals surface area (Å²) in [5, 5.41) is 7.43. The van der Waals surface area contributed by atoms with Gasteiger partial charge in [0.05, 0.1) is 6.20 Å². The second kappa shape index (κ2) is 14.1. The number of aryl methyl sites for hydroxylation is 1. The zero-order chi connectivity index (χ0) is 33.3. The predicted molar refractivity (Wildman–Crippen MR) is 175 cm³/mol. The molecule has 3 aliphatic rings. The van der Waals surface area contributed by atoms with E-state index in [0.29, 0.717) is 49.9 Å². The lowest BCUT2D eigenvalue weighted by Crippen LogP contribution is -2.47. The van der Waals surface area contributed by atoms with E-state index in [2.05, 4.69) is 57.0 Å². The van der Waals surface area contributed by atoms with Gasteiger partial charge in [-0.05, 0) is 94.2 Å². The number of carbonyl (C=O) groups excluding carboxylic acids is 2. The van der Waals surface area contributed by atoms with Crippen LogP contribution in [0.2, 0.25) is 0 Å². The van der Waals surface area contributed by atoms with Crippen LogP contribution in [0.1, 0.15) is 92.6 Å². The highest BCUT2D eigenvalue weighted by molar-refractivity contribution is 5.80. The smallest absolute Gasteiger partial charge is 0.226 e. The van der Waals surface area contributed by atoms with Crippen molar-refractivity contribution < 1.29 is 18.4 Å². The van der Waals surface area contributed by atoms with Crippen molar-refractivity contribution in [1.82, 2.24) is 24.9 Å². The fraction of sp³-hybridized carbons (Fsp3) is 0.750. The Kier molecular flexibility index (Phi) is 11.0. The molecule has 2 fully saturated rings. The summed E-state index contributed by atoms with van der Waals surface area (Å²) in [5.41, 5.74) is 1.52. The first-order chi connectivity index (χ1) is 20.9. The maximum Gasteiger partial charge on any atom is 0.226 e. The zero-order valence-electron chi connectivity index (χ0n) is 29.1. The molecule has 2 heterocycles. The lowest BCUT2D eigenvalue weighted by molar-refractivity contribution is -0.138. The number of rotatable bonds is 10. The summed E-state index contributed by atoms with van der Waals surface area (Å²) in [6.45, 7) is 16.3. The molecule has 45 heavy (non-hydrogen) atoms. The Balaban J connectivity index is 1.49. The summed E-state index contributed by atoms with van der Waals surface area (Å²) in [6.07, 6.45) is 10.5. The van der Waals surface area contributed by atoms with Gasteiger partial charge in [-0.3, -0.25) is 19.2 Å². The van der Waals surface area contributed by atoms with Crippen molar-refractivity contribution in [2.24, 2.45) is 42.1 Å². The number of likely N-dealkylation sites (tertiary alicyclic amines) is 1. The average Bonchev–Trinajstić information content (AvgIpc) is 3.56. The number of nitrogens with one attached hydrogen (secondary N) is 1. The third kappa shape index (κ3) is 9.05. The van der Waals surface area contributed by atoms with Gasteiger partial charge in [0.15, 0.2) is 0 Å². The van der Waals surface area contributed by atoms with Gasteiger partial charge in [-0.15, -0.1) is 0 Å². The molecule has 252 valence electrons. The summed E-state index contributed by atoms with van der Waals surface area (Å²) in [4.78, 5) is 30.5. The third-order valence-electron chi connectivity index (χ3n) is 10.4. The molecule has 0 bridgehead atoms. The predicted octanol–water partition coefficient (Wildman–Crippen LogP) is 6.61. The van der Waals surface area contributed by atoms with Gasteiger partial charge >= 0.3 is 0 Å². The molecule has 2 amide bonds. The number of halogens is 2. The summed E-state index contributed by atoms with van der Waals surface area (Å²) in [7, 11) is 3.96. The van der Waals surface area contributed by atoms with Crippen molar-refractivity contribution in [3.05, 3.63) is 41.5 Å². The minimum Gasteiger partial charge on any atom is -0.351 e. The van der Waals surface area contributed by atoms with Crippen molar-refractivity contribution in [3.63, 3.8) is 0 Å². The molecular formula is C36H57F2N5O2. The Morgan fingerprint density at radius 1 is 1.11 bits per heavy atom. The number of piperidine rings is 1. The number of amides is 2. The Labute approximate surface area is 269 Å². The van der Waals surface area contributed by atoms with E-state index >= 15 is 4.39 Å². The van der Waals surface area contributed by atoms with E-state index < -0.39 is 17.9 Å². The summed E-state index contributed by atoms with van der Waals surface area (Å²) in [5.74, 6) is -0.875. The Hall–Kier alpha value is -2.55. The number of allylic oxidation sites excluding steroid dienone is 4. The van der Waals surface area contributed by atoms with Gasteiger partial charge in [-0.1, -0.05) is 33.8 Å². The first-order valence-electron chi connectivity index (χ1n) is 16.9. The van der Waals surface area contributed by atoms with Crippen LogP contribution in [-0.2, 0) is 23.2 Å². The van der Waals surface area contributed by atoms with E-state index in [9.17, 15) is 14.0 Å². The Bertz CT molecular complexity index is 1260. The van der Waals surface area contributed by atoms with E-state index in [4.69, 9.17) is 0 Å². The number of carbonyl (C=O) groups is 2. The summed E-state index contributed by atoms with van der Waals surface area (Å²) < 4.78 is 31.8. The minimum atomic E-state index is -1.42. The minimum absolute atomic E-state index is 0.0124. The molecule has 0 radical (unpaired) electrons. The highest BCUT2D eigenvalue weighted by Gasteiger charge is 2.47. The number of aromatic nitrogens is 2. The average molecular weight is 630 g/mol. The van der Waals surface area contributed by atoms with Crippen LogP contribution < -0.4 is 5.32 Å². The number of alkyl halides is 1. The van der Waals surface area contributed by atoms with Crippen LogP contribution in [0, 0.1) is 35.0 Å². The van der Waals surface area contributed by atoms with Crippen molar-refractivity contribution >= 4 is 11.8 Å². The SMILES string of the molecule is CC(=O)NC(C)(C)CC(CC(C)(C)C)C1CCN(C(=O)[C@@H]2CC(N(C)Cc3cnn(C)c3)C[C@H]2C2=CC=C(F)C(C)C2F)CC1. The van der Waals surface area contributed by atoms with Crippen LogP contribution >= 0.6 is 0 Å². The summed E-state index contributed by atoms with van der Waals surface area (Å²) >= 11 is 0. The van der Waals surface area contributed by atoms with Crippen LogP contribution in [0.4, 0.5) is 8.78 Å². The largest absolute Gasteiger partial charge is 0.351 e. The third-order valence-corrected chi connectivity index (χ3v) is 10.4. The maximum absolute atomic E-state index is 15.7. The molecule has 1 saturated heterocycles. The van der Waals surface area contributed by atoms with Crippen LogP contribution in [0.15, 0.2) is 35.9 Å². The quantitative estimate of drug-likeness (QED) is 0.316. The molecule has 6 atom stereocenters. The normalized spacial score (nSPS) is 27.4. The highest BCUT2D eigenvalue weighted by atomic mass is 19.1. The zero-order valence-corrected chi connectivity index (χ0v) is 29.1. The molecule has 1 aliphatic heterocycles. The molecule has 1 N–H and O–H groups in total. The van der Waals surface area contributed by atoms with Gasteiger partial charge in [-0.25, -0.2) is 8.78 Å². The van der Waals surface area contributed by atoms with Crippen LogP contribution in [0.25, 0.3) is 0 Å². The lowest BCUT2D eigenvalue weighted by Gasteiger charge is -2.42. The maximum atomic E-state index is 15.7. The fourth-order valence-electron chi connectivity index (χ4n) is 8.36. The van der Waals surface area contributed by atoms with Crippen LogP contribution in [0.5, 0.6) is 0 Å². The standard InChI is InChI=1S/C36H57F2N5O2/c1-23-32(37)11-10-29(33(23)38)30-16-28(41(8)21-25-20-39-42(9)22-25)17-31(30)34(45)43-14-12-26(13-15-43)27(18-35(3,4)5)19-36(6,7)40-24(2)44/h10-11,20,22-23,26-28,30-31,33H,12-19,21H2,1-9H3,(H,40,44)/t23?,27?,28?,30-,31+,33?/m0/s1. The monoisotopic (exact) mass is 629 g/mol. The number of hydrogen-bond donors (Lipinski definition) is 1. The topological polar surface area (TPSA) is 70.5 Å². The van der Waals surface area contributed by atoms with Crippen molar-refractivity contribution in [2.75, 3.05) is 20.1 Å². The van der Waals surface area contributed by atoms with Gasteiger partial charge in [0.2, 0.25) is 11.8 Å². The van der Waals surface area contributed by atoms with Crippen LogP contribution in [0.3, 0.4) is 0 Å². The van der Waals surface area contributed by atoms with Gasteiger partial charge in [0.25, 0.3) is 0 Å². The van der Waals surface area contributed by atoms with Crippen LogP contribution in [-0.4, -0.2) is 69.3 Å². The van der Waals surface area contributed by atoms with Gasteiger partial charge < -0.3 is 10.2 Å². The Morgan fingerprint density at radius 2 is 1.78 bits per heavy atom. The molecule has 1 aromatic rings. The molecular weight excluding hydrogens is 572 g/mol. The first kappa shape index (κ1) is 35.3. The highest BCUT2D eigenvalue weighted by Crippen LogP contribution is 2.46. The van der Waals surface area contributed by atoms with E-state index in [-0.39, 0.29) is 40.6 Å². The number of nitrogens with zero attached hydrogens (tertiary/aromatic N) is 4. The lowest BCUT2D eigenvalue weighted by atomic mass is 9.70. The Morgan fingerprint density at radius 3 is 2.36 bits per heavy atom. The second-order valence-electron chi connectivity index (χ2n) is 16.1. The van der Waals surface area contributed by atoms with Crippen molar-refractivity contribution in [2.45, 2.75) is 111 Å². The molecule has 2 aliphatic carbocycles. The van der Waals surface area contributed by atoms with E-state index in [0.717, 1.165) is 31.2 Å². The molecule has 9 heteroatoms. The van der Waals surface area contributed by atoms with Gasteiger partial charge in [0.1, 0.15) is 12.0 Å². The van der Waals surface area contributed by atoms with Crippen molar-refractivity contribution in [3.8, 4) is 0 Å². The second-order valence-corrected chi connectivity index (χ2v) is 16.1. The molecule has 1 saturated carbocycles. The molecule has 7 nitrogen and oxygen atoms in total. The fourth-order valence-corrected chi connectivity index (χ4v) is 8.36. The molecule has 4 rings (SSSR count).